The number of aryl methyl sites for hydroxylation is 1. The summed E-state index contributed by atoms with van der Waals surface area (Å²) in [5, 5.41) is 2.57. The maximum Gasteiger partial charge on any atom is 0.387 e. The number of carbonyl (C=O) groups excluding carboxylic acids is 1. The number of halogens is 2. The third-order valence-electron chi connectivity index (χ3n) is 4.62. The van der Waals surface area contributed by atoms with Crippen LogP contribution in [0.25, 0.3) is 0 Å². The summed E-state index contributed by atoms with van der Waals surface area (Å²) < 4.78 is 61.7. The Bertz CT molecular complexity index is 1180. The van der Waals surface area contributed by atoms with Crippen molar-refractivity contribution in [1.29, 1.82) is 0 Å². The minimum Gasteiger partial charge on any atom is -0.497 e. The highest BCUT2D eigenvalue weighted by Gasteiger charge is 2.27. The van der Waals surface area contributed by atoms with Gasteiger partial charge < -0.3 is 14.8 Å². The van der Waals surface area contributed by atoms with Crippen LogP contribution in [-0.2, 0) is 14.8 Å². The van der Waals surface area contributed by atoms with Gasteiger partial charge in [-0.1, -0.05) is 17.7 Å². The van der Waals surface area contributed by atoms with Gasteiger partial charge in [0.05, 0.1) is 17.7 Å². The number of nitrogens with one attached hydrogen (secondary N) is 1. The van der Waals surface area contributed by atoms with Crippen molar-refractivity contribution in [2.75, 3.05) is 23.3 Å². The average Bonchev–Trinajstić information content (AvgIpc) is 2.79. The normalized spacial score (nSPS) is 11.2. The molecule has 1 amide bonds. The van der Waals surface area contributed by atoms with Gasteiger partial charge in [0, 0.05) is 5.69 Å². The van der Waals surface area contributed by atoms with Crippen molar-refractivity contribution in [1.82, 2.24) is 0 Å². The first-order valence-electron chi connectivity index (χ1n) is 9.77. The van der Waals surface area contributed by atoms with E-state index in [1.807, 2.05) is 6.92 Å². The van der Waals surface area contributed by atoms with Crippen LogP contribution in [0.2, 0.25) is 0 Å². The molecule has 0 aromatic heterocycles. The summed E-state index contributed by atoms with van der Waals surface area (Å²) in [7, 11) is -2.58. The zero-order chi connectivity index (χ0) is 24.0. The summed E-state index contributed by atoms with van der Waals surface area (Å²) in [6.45, 7) is -1.64. The summed E-state index contributed by atoms with van der Waals surface area (Å²) >= 11 is 0. The number of amides is 1. The fourth-order valence-corrected chi connectivity index (χ4v) is 4.37. The number of methoxy groups -OCH3 is 1. The highest BCUT2D eigenvalue weighted by molar-refractivity contribution is 7.92. The van der Waals surface area contributed by atoms with Crippen molar-refractivity contribution in [3.8, 4) is 11.5 Å². The molecule has 0 aliphatic carbocycles. The standard InChI is InChI=1S/C23H22F2N2O5S/c1-16-3-13-21(14-4-16)33(29,30)27(18-7-11-19(31-2)12-8-18)15-22(28)26-17-5-9-20(10-6-17)32-23(24)25/h3-14,23H,15H2,1-2H3,(H,26,28). The molecule has 0 spiro atoms. The van der Waals surface area contributed by atoms with E-state index in [2.05, 4.69) is 10.1 Å². The van der Waals surface area contributed by atoms with Crippen molar-refractivity contribution >= 4 is 27.3 Å². The van der Waals surface area contributed by atoms with E-state index in [9.17, 15) is 22.0 Å². The molecule has 0 aliphatic rings. The molecular formula is C23H22F2N2O5S. The number of hydrogen-bond acceptors (Lipinski definition) is 5. The molecule has 0 saturated carbocycles. The zero-order valence-electron chi connectivity index (χ0n) is 17.9. The van der Waals surface area contributed by atoms with Crippen LogP contribution in [0.3, 0.4) is 0 Å². The number of alkyl halides is 2. The minimum absolute atomic E-state index is 0.0326. The summed E-state index contributed by atoms with van der Waals surface area (Å²) in [6.07, 6.45) is 0. The van der Waals surface area contributed by atoms with Crippen molar-refractivity contribution < 1.29 is 31.5 Å². The first-order valence-corrected chi connectivity index (χ1v) is 11.2. The number of benzene rings is 3. The van der Waals surface area contributed by atoms with Gasteiger partial charge in [-0.15, -0.1) is 0 Å². The van der Waals surface area contributed by atoms with Gasteiger partial charge in [0.25, 0.3) is 10.0 Å². The second-order valence-corrected chi connectivity index (χ2v) is 8.84. The lowest BCUT2D eigenvalue weighted by atomic mass is 10.2. The predicted octanol–water partition coefficient (Wildman–Crippen LogP) is 4.44. The summed E-state index contributed by atoms with van der Waals surface area (Å²) in [4.78, 5) is 12.8. The van der Waals surface area contributed by atoms with Crippen LogP contribution in [0, 0.1) is 6.92 Å². The van der Waals surface area contributed by atoms with Gasteiger partial charge in [0.2, 0.25) is 5.91 Å². The van der Waals surface area contributed by atoms with Crippen LogP contribution in [0.5, 0.6) is 11.5 Å². The number of carbonyl (C=O) groups is 1. The van der Waals surface area contributed by atoms with E-state index in [-0.39, 0.29) is 16.3 Å². The first-order chi connectivity index (χ1) is 15.7. The number of nitrogens with zero attached hydrogens (tertiary/aromatic N) is 1. The lowest BCUT2D eigenvalue weighted by Gasteiger charge is -2.24. The van der Waals surface area contributed by atoms with Gasteiger partial charge in [-0.3, -0.25) is 9.10 Å². The Morgan fingerprint density at radius 1 is 0.939 bits per heavy atom. The summed E-state index contributed by atoms with van der Waals surface area (Å²) in [5.74, 6) is -0.157. The monoisotopic (exact) mass is 476 g/mol. The molecule has 1 N–H and O–H groups in total. The highest BCUT2D eigenvalue weighted by Crippen LogP contribution is 2.26. The number of anilines is 2. The topological polar surface area (TPSA) is 84.9 Å². The number of hydrogen-bond donors (Lipinski definition) is 1. The first kappa shape index (κ1) is 24.0. The van der Waals surface area contributed by atoms with Gasteiger partial charge in [-0.05, 0) is 67.6 Å². The molecule has 3 rings (SSSR count). The molecule has 3 aromatic rings. The second-order valence-electron chi connectivity index (χ2n) is 6.97. The van der Waals surface area contributed by atoms with Crippen molar-refractivity contribution in [3.05, 3.63) is 78.4 Å². The van der Waals surface area contributed by atoms with E-state index in [1.54, 1.807) is 24.3 Å². The highest BCUT2D eigenvalue weighted by atomic mass is 32.2. The second kappa shape index (κ2) is 10.3. The lowest BCUT2D eigenvalue weighted by molar-refractivity contribution is -0.114. The fraction of sp³-hybridized carbons (Fsp3) is 0.174. The minimum atomic E-state index is -4.07. The van der Waals surface area contributed by atoms with Crippen LogP contribution >= 0.6 is 0 Å². The lowest BCUT2D eigenvalue weighted by Crippen LogP contribution is -2.38. The molecule has 0 heterocycles. The number of sulfonamides is 1. The van der Waals surface area contributed by atoms with Crippen LogP contribution < -0.4 is 19.1 Å². The Morgan fingerprint density at radius 2 is 1.52 bits per heavy atom. The molecule has 10 heteroatoms. The third-order valence-corrected chi connectivity index (χ3v) is 6.41. The predicted molar refractivity (Wildman–Crippen MR) is 120 cm³/mol. The summed E-state index contributed by atoms with van der Waals surface area (Å²) in [5.41, 5.74) is 1.46. The maximum absolute atomic E-state index is 13.4. The zero-order valence-corrected chi connectivity index (χ0v) is 18.7. The van der Waals surface area contributed by atoms with Crippen LogP contribution in [0.15, 0.2) is 77.7 Å². The molecule has 7 nitrogen and oxygen atoms in total. The number of ether oxygens (including phenoxy) is 2. The van der Waals surface area contributed by atoms with Crippen molar-refractivity contribution in [2.45, 2.75) is 18.4 Å². The van der Waals surface area contributed by atoms with Gasteiger partial charge in [0.1, 0.15) is 18.0 Å². The molecule has 0 atom stereocenters. The largest absolute Gasteiger partial charge is 0.497 e. The molecule has 0 saturated heterocycles. The van der Waals surface area contributed by atoms with E-state index < -0.39 is 29.1 Å². The fourth-order valence-electron chi connectivity index (χ4n) is 2.95. The molecule has 0 unspecified atom stereocenters. The Kier molecular flexibility index (Phi) is 7.49. The van der Waals surface area contributed by atoms with Crippen LogP contribution in [-0.4, -0.2) is 34.6 Å². The van der Waals surface area contributed by atoms with Gasteiger partial charge in [-0.25, -0.2) is 8.42 Å². The van der Waals surface area contributed by atoms with Gasteiger partial charge >= 0.3 is 6.61 Å². The average molecular weight is 477 g/mol. The van der Waals surface area contributed by atoms with Crippen molar-refractivity contribution in [2.24, 2.45) is 0 Å². The van der Waals surface area contributed by atoms with E-state index in [0.717, 1.165) is 9.87 Å². The molecule has 0 bridgehead atoms. The van der Waals surface area contributed by atoms with Crippen LogP contribution in [0.4, 0.5) is 20.2 Å². The van der Waals surface area contributed by atoms with E-state index in [0.29, 0.717) is 11.4 Å². The molecular weight excluding hydrogens is 454 g/mol. The Labute approximate surface area is 190 Å². The molecule has 0 aliphatic heterocycles. The van der Waals surface area contributed by atoms with E-state index in [1.165, 1.54) is 55.6 Å². The molecule has 174 valence electrons. The maximum atomic E-state index is 13.4. The smallest absolute Gasteiger partial charge is 0.387 e. The molecule has 3 aromatic carbocycles. The molecule has 0 radical (unpaired) electrons. The summed E-state index contributed by atoms with van der Waals surface area (Å²) in [6, 6.07) is 17.8. The van der Waals surface area contributed by atoms with Gasteiger partial charge in [0.15, 0.2) is 0 Å². The molecule has 33 heavy (non-hydrogen) atoms. The van der Waals surface area contributed by atoms with Crippen molar-refractivity contribution in [3.63, 3.8) is 0 Å². The Hall–Kier alpha value is -3.66. The Morgan fingerprint density at radius 3 is 2.06 bits per heavy atom. The molecule has 0 fully saturated rings. The van der Waals surface area contributed by atoms with Crippen LogP contribution in [0.1, 0.15) is 5.56 Å². The quantitative estimate of drug-likeness (QED) is 0.494. The van der Waals surface area contributed by atoms with E-state index >= 15 is 0 Å². The number of rotatable bonds is 9. The van der Waals surface area contributed by atoms with Gasteiger partial charge in [-0.2, -0.15) is 8.78 Å². The third kappa shape index (κ3) is 6.19. The Balaban J connectivity index is 1.85. The SMILES string of the molecule is COc1ccc(N(CC(=O)Nc2ccc(OC(F)F)cc2)S(=O)(=O)c2ccc(C)cc2)cc1. The van der Waals surface area contributed by atoms with E-state index in [4.69, 9.17) is 4.74 Å².